The molecule has 0 aliphatic rings. The molecule has 0 saturated carbocycles. The number of halogens is 2. The highest BCUT2D eigenvalue weighted by atomic mass is 32.1. The van der Waals surface area contributed by atoms with E-state index in [1.54, 1.807) is 30.7 Å². The number of rotatable bonds is 5. The van der Waals surface area contributed by atoms with Crippen molar-refractivity contribution in [2.24, 2.45) is 0 Å². The van der Waals surface area contributed by atoms with Gasteiger partial charge in [-0.1, -0.05) is 0 Å². The Morgan fingerprint density at radius 1 is 1.08 bits per heavy atom. The maximum Gasteiger partial charge on any atom is 0.260 e. The Morgan fingerprint density at radius 2 is 1.85 bits per heavy atom. The SMILES string of the molecule is COc1ccc(-c2csc(NC(=O)c3cc(F)ccc3F)n2)cc1OC. The van der Waals surface area contributed by atoms with E-state index in [0.29, 0.717) is 17.2 Å². The van der Waals surface area contributed by atoms with Gasteiger partial charge in [-0.2, -0.15) is 0 Å². The number of nitrogens with zero attached hydrogens (tertiary/aromatic N) is 1. The molecule has 3 aromatic rings. The Labute approximate surface area is 152 Å². The number of carbonyl (C=O) groups is 1. The summed E-state index contributed by atoms with van der Waals surface area (Å²) in [4.78, 5) is 16.4. The molecular weight excluding hydrogens is 362 g/mol. The lowest BCUT2D eigenvalue weighted by molar-refractivity contribution is 0.102. The van der Waals surface area contributed by atoms with Crippen LogP contribution in [-0.2, 0) is 0 Å². The summed E-state index contributed by atoms with van der Waals surface area (Å²) < 4.78 is 37.3. The number of carbonyl (C=O) groups excluding carboxylic acids is 1. The minimum absolute atomic E-state index is 0.267. The standard InChI is InChI=1S/C18H14F2N2O3S/c1-24-15-6-3-10(7-16(15)25-2)14-9-26-18(21-14)22-17(23)12-8-11(19)4-5-13(12)20/h3-9H,1-2H3,(H,21,22,23). The Kier molecular flexibility index (Phi) is 5.13. The van der Waals surface area contributed by atoms with Gasteiger partial charge in [-0.25, -0.2) is 13.8 Å². The topological polar surface area (TPSA) is 60.5 Å². The van der Waals surface area contributed by atoms with Gasteiger partial charge in [-0.05, 0) is 36.4 Å². The summed E-state index contributed by atoms with van der Waals surface area (Å²) in [6.45, 7) is 0. The maximum absolute atomic E-state index is 13.7. The summed E-state index contributed by atoms with van der Waals surface area (Å²) in [5.74, 6) is -1.13. The van der Waals surface area contributed by atoms with Gasteiger partial charge in [0.2, 0.25) is 0 Å². The van der Waals surface area contributed by atoms with Crippen LogP contribution in [0.2, 0.25) is 0 Å². The van der Waals surface area contributed by atoms with Gasteiger partial charge >= 0.3 is 0 Å². The summed E-state index contributed by atoms with van der Waals surface area (Å²) >= 11 is 1.17. The maximum atomic E-state index is 13.7. The molecule has 0 aliphatic heterocycles. The number of amides is 1. The van der Waals surface area contributed by atoms with Crippen molar-refractivity contribution in [2.75, 3.05) is 19.5 Å². The molecular formula is C18H14F2N2O3S. The average molecular weight is 376 g/mol. The molecule has 0 atom stereocenters. The summed E-state index contributed by atoms with van der Waals surface area (Å²) in [6, 6.07) is 7.99. The van der Waals surface area contributed by atoms with Crippen molar-refractivity contribution in [3.05, 3.63) is 59.0 Å². The van der Waals surface area contributed by atoms with Gasteiger partial charge in [0.15, 0.2) is 16.6 Å². The lowest BCUT2D eigenvalue weighted by atomic mass is 10.1. The molecule has 0 bridgehead atoms. The van der Waals surface area contributed by atoms with Gasteiger partial charge in [-0.15, -0.1) is 11.3 Å². The van der Waals surface area contributed by atoms with Crippen LogP contribution in [0.1, 0.15) is 10.4 Å². The molecule has 1 heterocycles. The van der Waals surface area contributed by atoms with Crippen LogP contribution in [0.3, 0.4) is 0 Å². The molecule has 0 aliphatic carbocycles. The molecule has 5 nitrogen and oxygen atoms in total. The third-order valence-electron chi connectivity index (χ3n) is 3.58. The van der Waals surface area contributed by atoms with Crippen molar-refractivity contribution in [1.29, 1.82) is 0 Å². The molecule has 0 unspecified atom stereocenters. The summed E-state index contributed by atoms with van der Waals surface area (Å²) in [6.07, 6.45) is 0. The van der Waals surface area contributed by atoms with Gasteiger partial charge in [0.1, 0.15) is 11.6 Å². The average Bonchev–Trinajstić information content (AvgIpc) is 3.11. The molecule has 1 aromatic heterocycles. The second-order valence-electron chi connectivity index (χ2n) is 5.19. The molecule has 1 amide bonds. The van der Waals surface area contributed by atoms with Crippen LogP contribution in [0, 0.1) is 11.6 Å². The molecule has 8 heteroatoms. The predicted octanol–water partition coefficient (Wildman–Crippen LogP) is 4.36. The van der Waals surface area contributed by atoms with E-state index in [1.807, 2.05) is 0 Å². The fourth-order valence-corrected chi connectivity index (χ4v) is 3.01. The van der Waals surface area contributed by atoms with Crippen LogP contribution in [0.5, 0.6) is 11.5 Å². The minimum atomic E-state index is -0.805. The zero-order valence-corrected chi connectivity index (χ0v) is 14.7. The largest absolute Gasteiger partial charge is 0.493 e. The Bertz CT molecular complexity index is 959. The van der Waals surface area contributed by atoms with Gasteiger partial charge in [0, 0.05) is 10.9 Å². The fraction of sp³-hybridized carbons (Fsp3) is 0.111. The summed E-state index contributed by atoms with van der Waals surface area (Å²) in [7, 11) is 3.07. The van der Waals surface area contributed by atoms with E-state index in [4.69, 9.17) is 9.47 Å². The van der Waals surface area contributed by atoms with E-state index in [2.05, 4.69) is 10.3 Å². The first-order valence-electron chi connectivity index (χ1n) is 7.46. The molecule has 0 fully saturated rings. The quantitative estimate of drug-likeness (QED) is 0.719. The van der Waals surface area contributed by atoms with Gasteiger partial charge < -0.3 is 9.47 Å². The smallest absolute Gasteiger partial charge is 0.260 e. The first kappa shape index (κ1) is 17.8. The number of hydrogen-bond donors (Lipinski definition) is 1. The monoisotopic (exact) mass is 376 g/mol. The van der Waals surface area contributed by atoms with E-state index in [0.717, 1.165) is 23.8 Å². The lowest BCUT2D eigenvalue weighted by Gasteiger charge is -2.08. The number of ether oxygens (including phenoxy) is 2. The van der Waals surface area contributed by atoms with Crippen LogP contribution in [-0.4, -0.2) is 25.1 Å². The van der Waals surface area contributed by atoms with Crippen LogP contribution in [0.25, 0.3) is 11.3 Å². The van der Waals surface area contributed by atoms with Crippen LogP contribution < -0.4 is 14.8 Å². The number of thiazole rings is 1. The summed E-state index contributed by atoms with van der Waals surface area (Å²) in [5, 5.41) is 4.48. The number of nitrogens with one attached hydrogen (secondary N) is 1. The predicted molar refractivity (Wildman–Crippen MR) is 95.0 cm³/mol. The van der Waals surface area contributed by atoms with E-state index in [-0.39, 0.29) is 10.7 Å². The highest BCUT2D eigenvalue weighted by Crippen LogP contribution is 2.33. The Morgan fingerprint density at radius 3 is 2.58 bits per heavy atom. The molecule has 0 saturated heterocycles. The van der Waals surface area contributed by atoms with Crippen molar-refractivity contribution in [3.63, 3.8) is 0 Å². The molecule has 134 valence electrons. The van der Waals surface area contributed by atoms with Gasteiger partial charge in [0.25, 0.3) is 5.91 Å². The van der Waals surface area contributed by atoms with Crippen molar-refractivity contribution in [3.8, 4) is 22.8 Å². The van der Waals surface area contributed by atoms with Gasteiger partial charge in [-0.3, -0.25) is 10.1 Å². The highest BCUT2D eigenvalue weighted by Gasteiger charge is 2.15. The number of hydrogen-bond acceptors (Lipinski definition) is 5. The second-order valence-corrected chi connectivity index (χ2v) is 6.04. The lowest BCUT2D eigenvalue weighted by Crippen LogP contribution is -2.13. The molecule has 26 heavy (non-hydrogen) atoms. The van der Waals surface area contributed by atoms with Crippen LogP contribution in [0.4, 0.5) is 13.9 Å². The first-order chi connectivity index (χ1) is 12.5. The van der Waals surface area contributed by atoms with Crippen molar-refractivity contribution >= 4 is 22.4 Å². The number of anilines is 1. The Balaban J connectivity index is 1.82. The van der Waals surface area contributed by atoms with Crippen LogP contribution in [0.15, 0.2) is 41.8 Å². The Hall–Kier alpha value is -3.00. The zero-order valence-electron chi connectivity index (χ0n) is 13.9. The van der Waals surface area contributed by atoms with E-state index in [9.17, 15) is 13.6 Å². The minimum Gasteiger partial charge on any atom is -0.493 e. The van der Waals surface area contributed by atoms with Crippen LogP contribution >= 0.6 is 11.3 Å². The molecule has 1 N–H and O–H groups in total. The van der Waals surface area contributed by atoms with Gasteiger partial charge in [0.05, 0.1) is 25.5 Å². The third kappa shape index (κ3) is 3.65. The number of aromatic nitrogens is 1. The highest BCUT2D eigenvalue weighted by molar-refractivity contribution is 7.14. The van der Waals surface area contributed by atoms with Crippen molar-refractivity contribution in [1.82, 2.24) is 4.98 Å². The number of methoxy groups -OCH3 is 2. The molecule has 0 radical (unpaired) electrons. The molecule has 3 rings (SSSR count). The van der Waals surface area contributed by atoms with Crippen molar-refractivity contribution in [2.45, 2.75) is 0 Å². The fourth-order valence-electron chi connectivity index (χ4n) is 2.30. The number of benzene rings is 2. The summed E-state index contributed by atoms with van der Waals surface area (Å²) in [5.41, 5.74) is 0.982. The van der Waals surface area contributed by atoms with E-state index >= 15 is 0 Å². The van der Waals surface area contributed by atoms with Crippen molar-refractivity contribution < 1.29 is 23.0 Å². The molecule has 2 aromatic carbocycles. The van der Waals surface area contributed by atoms with E-state index < -0.39 is 17.5 Å². The normalized spacial score (nSPS) is 10.5. The zero-order chi connectivity index (χ0) is 18.7. The first-order valence-corrected chi connectivity index (χ1v) is 8.34. The van der Waals surface area contributed by atoms with E-state index in [1.165, 1.54) is 18.4 Å². The second kappa shape index (κ2) is 7.49. The third-order valence-corrected chi connectivity index (χ3v) is 4.33. The molecule has 0 spiro atoms.